The Balaban J connectivity index is 2.25. The van der Waals surface area contributed by atoms with Crippen LogP contribution in [-0.2, 0) is 6.42 Å². The van der Waals surface area contributed by atoms with Crippen LogP contribution in [0.4, 0.5) is 0 Å². The smallest absolute Gasteiger partial charge is 0.0161 e. The maximum atomic E-state index is 2.49. The SMILES string of the molecule is CCN(C)[C@H]1CCc2ccccc2[C@@H]1C. The van der Waals surface area contributed by atoms with Crippen LogP contribution in [0.1, 0.15) is 37.3 Å². The second-order valence-electron chi connectivity index (χ2n) is 4.67. The van der Waals surface area contributed by atoms with E-state index in [-0.39, 0.29) is 0 Å². The molecule has 0 unspecified atom stereocenters. The largest absolute Gasteiger partial charge is 0.303 e. The molecule has 0 saturated carbocycles. The highest BCUT2D eigenvalue weighted by atomic mass is 15.1. The van der Waals surface area contributed by atoms with E-state index < -0.39 is 0 Å². The summed E-state index contributed by atoms with van der Waals surface area (Å²) in [5, 5.41) is 0. The van der Waals surface area contributed by atoms with Crippen molar-refractivity contribution in [2.45, 2.75) is 38.6 Å². The average Bonchev–Trinajstić information content (AvgIpc) is 2.29. The molecular formula is C14H21N. The van der Waals surface area contributed by atoms with Crippen LogP contribution in [0.3, 0.4) is 0 Å². The Morgan fingerprint density at radius 1 is 1.33 bits per heavy atom. The van der Waals surface area contributed by atoms with Gasteiger partial charge >= 0.3 is 0 Å². The molecule has 1 nitrogen and oxygen atoms in total. The molecule has 0 fully saturated rings. The van der Waals surface area contributed by atoms with Gasteiger partial charge in [-0.05, 0) is 43.5 Å². The van der Waals surface area contributed by atoms with Crippen LogP contribution in [0.15, 0.2) is 24.3 Å². The summed E-state index contributed by atoms with van der Waals surface area (Å²) in [6.45, 7) is 5.76. The predicted molar refractivity (Wildman–Crippen MR) is 65.3 cm³/mol. The summed E-state index contributed by atoms with van der Waals surface area (Å²) >= 11 is 0. The van der Waals surface area contributed by atoms with Crippen LogP contribution in [0.5, 0.6) is 0 Å². The topological polar surface area (TPSA) is 3.24 Å². The minimum Gasteiger partial charge on any atom is -0.303 e. The molecule has 0 bridgehead atoms. The lowest BCUT2D eigenvalue weighted by molar-refractivity contribution is 0.206. The van der Waals surface area contributed by atoms with E-state index in [0.29, 0.717) is 5.92 Å². The Hall–Kier alpha value is -0.820. The molecular weight excluding hydrogens is 182 g/mol. The summed E-state index contributed by atoms with van der Waals surface area (Å²) in [5.41, 5.74) is 3.12. The van der Waals surface area contributed by atoms with Crippen molar-refractivity contribution in [1.82, 2.24) is 4.90 Å². The Morgan fingerprint density at radius 3 is 2.80 bits per heavy atom. The third kappa shape index (κ3) is 1.93. The van der Waals surface area contributed by atoms with Gasteiger partial charge in [-0.15, -0.1) is 0 Å². The van der Waals surface area contributed by atoms with E-state index in [0.717, 1.165) is 12.6 Å². The Kier molecular flexibility index (Phi) is 3.11. The van der Waals surface area contributed by atoms with Gasteiger partial charge in [0.1, 0.15) is 0 Å². The molecule has 15 heavy (non-hydrogen) atoms. The van der Waals surface area contributed by atoms with Crippen LogP contribution in [0, 0.1) is 0 Å². The summed E-state index contributed by atoms with van der Waals surface area (Å²) in [6.07, 6.45) is 2.55. The molecule has 1 aromatic carbocycles. The summed E-state index contributed by atoms with van der Waals surface area (Å²) in [5.74, 6) is 0.680. The van der Waals surface area contributed by atoms with Crippen molar-refractivity contribution >= 4 is 0 Å². The van der Waals surface area contributed by atoms with Crippen LogP contribution in [-0.4, -0.2) is 24.5 Å². The molecule has 0 aliphatic heterocycles. The van der Waals surface area contributed by atoms with E-state index in [1.165, 1.54) is 12.8 Å². The van der Waals surface area contributed by atoms with Crippen LogP contribution < -0.4 is 0 Å². The lowest BCUT2D eigenvalue weighted by Crippen LogP contribution is -2.38. The third-order valence-corrected chi connectivity index (χ3v) is 3.90. The van der Waals surface area contributed by atoms with Crippen molar-refractivity contribution in [3.05, 3.63) is 35.4 Å². The van der Waals surface area contributed by atoms with Gasteiger partial charge in [-0.3, -0.25) is 0 Å². The molecule has 1 heteroatoms. The molecule has 0 saturated heterocycles. The zero-order valence-corrected chi connectivity index (χ0v) is 10.0. The number of fused-ring (bicyclic) bond motifs is 1. The fourth-order valence-corrected chi connectivity index (χ4v) is 2.80. The van der Waals surface area contributed by atoms with Crippen molar-refractivity contribution in [2.75, 3.05) is 13.6 Å². The van der Waals surface area contributed by atoms with Crippen molar-refractivity contribution in [3.8, 4) is 0 Å². The van der Waals surface area contributed by atoms with E-state index in [4.69, 9.17) is 0 Å². The molecule has 0 amide bonds. The van der Waals surface area contributed by atoms with E-state index in [1.54, 1.807) is 11.1 Å². The first-order valence-corrected chi connectivity index (χ1v) is 6.02. The Labute approximate surface area is 93.1 Å². The van der Waals surface area contributed by atoms with E-state index in [9.17, 15) is 0 Å². The average molecular weight is 203 g/mol. The zero-order chi connectivity index (χ0) is 10.8. The van der Waals surface area contributed by atoms with Crippen LogP contribution >= 0.6 is 0 Å². The molecule has 1 aliphatic rings. The van der Waals surface area contributed by atoms with Gasteiger partial charge in [0, 0.05) is 6.04 Å². The second-order valence-corrected chi connectivity index (χ2v) is 4.67. The number of likely N-dealkylation sites (N-methyl/N-ethyl adjacent to an activating group) is 1. The second kappa shape index (κ2) is 4.36. The fraction of sp³-hybridized carbons (Fsp3) is 0.571. The highest BCUT2D eigenvalue weighted by molar-refractivity contribution is 5.33. The first kappa shape index (κ1) is 10.7. The molecule has 82 valence electrons. The molecule has 0 aromatic heterocycles. The number of hydrogen-bond acceptors (Lipinski definition) is 1. The highest BCUT2D eigenvalue weighted by Gasteiger charge is 2.27. The van der Waals surface area contributed by atoms with Crippen molar-refractivity contribution in [3.63, 3.8) is 0 Å². The minimum absolute atomic E-state index is 0.680. The Bertz CT molecular complexity index is 332. The molecule has 0 radical (unpaired) electrons. The summed E-state index contributed by atoms with van der Waals surface area (Å²) in [4.78, 5) is 2.49. The van der Waals surface area contributed by atoms with Crippen molar-refractivity contribution < 1.29 is 0 Å². The fourth-order valence-electron chi connectivity index (χ4n) is 2.80. The van der Waals surface area contributed by atoms with Crippen LogP contribution in [0.2, 0.25) is 0 Å². The van der Waals surface area contributed by atoms with Crippen LogP contribution in [0.25, 0.3) is 0 Å². The van der Waals surface area contributed by atoms with Gasteiger partial charge in [-0.25, -0.2) is 0 Å². The molecule has 0 heterocycles. The van der Waals surface area contributed by atoms with Gasteiger partial charge < -0.3 is 4.90 Å². The van der Waals surface area contributed by atoms with Gasteiger partial charge in [0.25, 0.3) is 0 Å². The third-order valence-electron chi connectivity index (χ3n) is 3.90. The lowest BCUT2D eigenvalue weighted by atomic mass is 9.80. The van der Waals surface area contributed by atoms with Crippen molar-refractivity contribution in [1.29, 1.82) is 0 Å². The standard InChI is InChI=1S/C14H21N/c1-4-15(3)14-10-9-12-7-5-6-8-13(12)11(14)2/h5-8,11,14H,4,9-10H2,1-3H3/t11-,14-/m0/s1. The van der Waals surface area contributed by atoms with E-state index in [1.807, 2.05) is 0 Å². The number of benzene rings is 1. The zero-order valence-electron chi connectivity index (χ0n) is 10.0. The summed E-state index contributed by atoms with van der Waals surface area (Å²) in [7, 11) is 2.25. The molecule has 2 rings (SSSR count). The van der Waals surface area contributed by atoms with Gasteiger partial charge in [0.05, 0.1) is 0 Å². The van der Waals surface area contributed by atoms with E-state index in [2.05, 4.69) is 50.1 Å². The van der Waals surface area contributed by atoms with Gasteiger partial charge in [-0.2, -0.15) is 0 Å². The summed E-state index contributed by atoms with van der Waals surface area (Å²) in [6, 6.07) is 9.65. The molecule has 0 spiro atoms. The number of nitrogens with zero attached hydrogens (tertiary/aromatic N) is 1. The maximum absolute atomic E-state index is 2.49. The molecule has 1 aromatic rings. The van der Waals surface area contributed by atoms with Crippen molar-refractivity contribution in [2.24, 2.45) is 0 Å². The lowest BCUT2D eigenvalue weighted by Gasteiger charge is -2.37. The quantitative estimate of drug-likeness (QED) is 0.714. The molecule has 1 aliphatic carbocycles. The Morgan fingerprint density at radius 2 is 2.07 bits per heavy atom. The molecule has 0 N–H and O–H groups in total. The monoisotopic (exact) mass is 203 g/mol. The number of hydrogen-bond donors (Lipinski definition) is 0. The number of rotatable bonds is 2. The minimum atomic E-state index is 0.680. The maximum Gasteiger partial charge on any atom is 0.0161 e. The normalized spacial score (nSPS) is 25.3. The highest BCUT2D eigenvalue weighted by Crippen LogP contribution is 2.33. The van der Waals surface area contributed by atoms with Gasteiger partial charge in [-0.1, -0.05) is 38.1 Å². The molecule has 2 atom stereocenters. The first-order valence-electron chi connectivity index (χ1n) is 6.02. The predicted octanol–water partition coefficient (Wildman–Crippen LogP) is 3.06. The van der Waals surface area contributed by atoms with Gasteiger partial charge in [0.2, 0.25) is 0 Å². The van der Waals surface area contributed by atoms with E-state index >= 15 is 0 Å². The first-order chi connectivity index (χ1) is 7.24. The number of aryl methyl sites for hydroxylation is 1. The van der Waals surface area contributed by atoms with Gasteiger partial charge in [0.15, 0.2) is 0 Å². The summed E-state index contributed by atoms with van der Waals surface area (Å²) < 4.78 is 0.